The molecule has 0 heterocycles. The molecule has 0 aromatic heterocycles. The summed E-state index contributed by atoms with van der Waals surface area (Å²) in [5, 5.41) is 11.2. The quantitative estimate of drug-likeness (QED) is 0.587. The second kappa shape index (κ2) is 6.86. The first kappa shape index (κ1) is 13.5. The third-order valence-corrected chi connectivity index (χ3v) is 2.90. The van der Waals surface area contributed by atoms with Crippen LogP contribution < -0.4 is 0 Å². The van der Waals surface area contributed by atoms with Crippen LogP contribution in [0, 0.1) is 5.41 Å². The molecule has 0 aliphatic heterocycles. The maximum absolute atomic E-state index is 11.2. The van der Waals surface area contributed by atoms with Gasteiger partial charge in [-0.25, -0.2) is 9.90 Å². The minimum atomic E-state index is -0.838. The van der Waals surface area contributed by atoms with Crippen LogP contribution in [0.4, 0.5) is 0 Å². The van der Waals surface area contributed by atoms with Crippen molar-refractivity contribution in [3.8, 4) is 0 Å². The van der Waals surface area contributed by atoms with Crippen molar-refractivity contribution in [2.24, 2.45) is 5.41 Å². The summed E-state index contributed by atoms with van der Waals surface area (Å²) in [7, 11) is 0. The van der Waals surface area contributed by atoms with Crippen LogP contribution in [0.15, 0.2) is 0 Å². The van der Waals surface area contributed by atoms with Gasteiger partial charge in [0.1, 0.15) is 0 Å². The third kappa shape index (κ3) is 3.69. The highest BCUT2D eigenvalue weighted by atomic mass is 16.4. The molecule has 83 valence electrons. The van der Waals surface area contributed by atoms with Crippen LogP contribution in [0.2, 0.25) is 0 Å². The number of hydrogen-bond donors (Lipinski definition) is 0. The molecular formula is C12H23O2. The van der Waals surface area contributed by atoms with Crippen molar-refractivity contribution in [3.63, 3.8) is 0 Å². The normalized spacial score (nSPS) is 11.6. The van der Waals surface area contributed by atoms with Crippen molar-refractivity contribution in [1.29, 1.82) is 0 Å². The average molecular weight is 199 g/mol. The van der Waals surface area contributed by atoms with Gasteiger partial charge in [-0.2, -0.15) is 0 Å². The Labute approximate surface area is 87.7 Å². The molecular weight excluding hydrogens is 176 g/mol. The number of carbonyl (C=O) groups is 1. The Morgan fingerprint density at radius 3 is 1.71 bits per heavy atom. The molecule has 1 radical (unpaired) electrons. The fourth-order valence-corrected chi connectivity index (χ4v) is 2.15. The molecule has 0 amide bonds. The lowest BCUT2D eigenvalue weighted by atomic mass is 9.75. The summed E-state index contributed by atoms with van der Waals surface area (Å²) in [5.41, 5.74) is -0.542. The predicted molar refractivity (Wildman–Crippen MR) is 57.5 cm³/mol. The van der Waals surface area contributed by atoms with Gasteiger partial charge in [-0.1, -0.05) is 46.5 Å². The lowest BCUT2D eigenvalue weighted by Crippen LogP contribution is -2.30. The van der Waals surface area contributed by atoms with E-state index in [0.717, 1.165) is 44.9 Å². The van der Waals surface area contributed by atoms with Crippen molar-refractivity contribution in [3.05, 3.63) is 0 Å². The van der Waals surface area contributed by atoms with E-state index in [1.165, 1.54) is 0 Å². The van der Waals surface area contributed by atoms with Crippen LogP contribution in [0.25, 0.3) is 0 Å². The van der Waals surface area contributed by atoms with E-state index in [9.17, 15) is 9.90 Å². The van der Waals surface area contributed by atoms with Crippen LogP contribution in [0.5, 0.6) is 0 Å². The minimum Gasteiger partial charge on any atom is -0.247 e. The van der Waals surface area contributed by atoms with Crippen LogP contribution in [0.3, 0.4) is 0 Å². The van der Waals surface area contributed by atoms with Crippen LogP contribution in [-0.2, 0) is 9.90 Å². The fourth-order valence-electron chi connectivity index (χ4n) is 2.15. The second-order valence-corrected chi connectivity index (χ2v) is 4.17. The Balaban J connectivity index is 4.46. The summed E-state index contributed by atoms with van der Waals surface area (Å²) in [4.78, 5) is 11.2. The average Bonchev–Trinajstić information content (AvgIpc) is 2.14. The molecule has 0 aliphatic carbocycles. The van der Waals surface area contributed by atoms with Gasteiger partial charge in [0.15, 0.2) is 0 Å². The van der Waals surface area contributed by atoms with Crippen molar-refractivity contribution in [2.75, 3.05) is 0 Å². The zero-order chi connectivity index (χ0) is 11.0. The van der Waals surface area contributed by atoms with Crippen molar-refractivity contribution in [1.82, 2.24) is 0 Å². The smallest absolute Gasteiger partial charge is 0.247 e. The molecule has 0 aliphatic rings. The number of rotatable bonds is 8. The highest BCUT2D eigenvalue weighted by Gasteiger charge is 2.37. The van der Waals surface area contributed by atoms with E-state index < -0.39 is 11.4 Å². The number of hydrogen-bond acceptors (Lipinski definition) is 1. The Morgan fingerprint density at radius 1 is 0.929 bits per heavy atom. The Kier molecular flexibility index (Phi) is 6.60. The molecule has 0 bridgehead atoms. The Morgan fingerprint density at radius 2 is 1.43 bits per heavy atom. The fraction of sp³-hybridized carbons (Fsp3) is 0.917. The van der Waals surface area contributed by atoms with Gasteiger partial charge in [0.25, 0.3) is 0 Å². The highest BCUT2D eigenvalue weighted by Crippen LogP contribution is 2.35. The first-order chi connectivity index (χ1) is 6.63. The van der Waals surface area contributed by atoms with Crippen molar-refractivity contribution in [2.45, 2.75) is 65.7 Å². The first-order valence-electron chi connectivity index (χ1n) is 5.84. The summed E-state index contributed by atoms with van der Waals surface area (Å²) in [6, 6.07) is 0. The molecule has 2 heteroatoms. The maximum Gasteiger partial charge on any atom is 0.361 e. The van der Waals surface area contributed by atoms with E-state index in [4.69, 9.17) is 0 Å². The SMILES string of the molecule is CCCCC(CCC)(CCC)C([O])=O. The summed E-state index contributed by atoms with van der Waals surface area (Å²) in [6.07, 6.45) is 6.23. The molecule has 0 unspecified atom stereocenters. The molecule has 2 nitrogen and oxygen atoms in total. The van der Waals surface area contributed by atoms with Crippen LogP contribution in [-0.4, -0.2) is 5.97 Å². The van der Waals surface area contributed by atoms with Gasteiger partial charge in [-0.3, -0.25) is 0 Å². The van der Waals surface area contributed by atoms with Gasteiger partial charge in [0, 0.05) is 0 Å². The zero-order valence-corrected chi connectivity index (χ0v) is 9.77. The number of carbonyl (C=O) groups excluding carboxylic acids is 1. The van der Waals surface area contributed by atoms with Gasteiger partial charge in [-0.05, 0) is 19.3 Å². The molecule has 0 N–H and O–H groups in total. The topological polar surface area (TPSA) is 37.0 Å². The predicted octanol–water partition coefficient (Wildman–Crippen LogP) is 3.72. The molecule has 14 heavy (non-hydrogen) atoms. The lowest BCUT2D eigenvalue weighted by molar-refractivity contribution is -0.157. The van der Waals surface area contributed by atoms with E-state index >= 15 is 0 Å². The Bertz CT molecular complexity index is 158. The molecule has 0 spiro atoms. The van der Waals surface area contributed by atoms with Gasteiger partial charge < -0.3 is 0 Å². The molecule has 0 saturated heterocycles. The van der Waals surface area contributed by atoms with Crippen molar-refractivity contribution < 1.29 is 9.90 Å². The molecule has 0 saturated carbocycles. The first-order valence-corrected chi connectivity index (χ1v) is 5.84. The molecule has 0 aromatic rings. The summed E-state index contributed by atoms with van der Waals surface area (Å²) in [5.74, 6) is -0.838. The Hall–Kier alpha value is -0.530. The van der Waals surface area contributed by atoms with Gasteiger partial charge in [0.2, 0.25) is 0 Å². The van der Waals surface area contributed by atoms with Gasteiger partial charge >= 0.3 is 5.97 Å². The zero-order valence-electron chi connectivity index (χ0n) is 9.77. The lowest BCUT2D eigenvalue weighted by Gasteiger charge is -2.27. The monoisotopic (exact) mass is 199 g/mol. The summed E-state index contributed by atoms with van der Waals surface area (Å²) in [6.45, 7) is 6.18. The number of unbranched alkanes of at least 4 members (excludes halogenated alkanes) is 1. The summed E-state index contributed by atoms with van der Waals surface area (Å²) < 4.78 is 0. The van der Waals surface area contributed by atoms with E-state index in [2.05, 4.69) is 6.92 Å². The minimum absolute atomic E-state index is 0.542. The molecule has 0 fully saturated rings. The molecule has 0 rings (SSSR count). The largest absolute Gasteiger partial charge is 0.361 e. The van der Waals surface area contributed by atoms with Crippen LogP contribution in [0.1, 0.15) is 65.7 Å². The van der Waals surface area contributed by atoms with Crippen LogP contribution >= 0.6 is 0 Å². The summed E-state index contributed by atoms with van der Waals surface area (Å²) >= 11 is 0. The standard InChI is InChI=1S/C12H23O2/c1-4-7-10-12(8-5-2,9-6-3)11(13)14/h4-10H2,1-3H3. The van der Waals surface area contributed by atoms with E-state index in [1.54, 1.807) is 0 Å². The van der Waals surface area contributed by atoms with Gasteiger partial charge in [-0.15, -0.1) is 0 Å². The highest BCUT2D eigenvalue weighted by molar-refractivity contribution is 5.74. The third-order valence-electron chi connectivity index (χ3n) is 2.90. The van der Waals surface area contributed by atoms with Gasteiger partial charge in [0.05, 0.1) is 5.41 Å². The van der Waals surface area contributed by atoms with E-state index in [-0.39, 0.29) is 0 Å². The second-order valence-electron chi connectivity index (χ2n) is 4.17. The molecule has 0 atom stereocenters. The maximum atomic E-state index is 11.2. The molecule has 0 aromatic carbocycles. The van der Waals surface area contributed by atoms with E-state index in [1.807, 2.05) is 13.8 Å². The van der Waals surface area contributed by atoms with Crippen molar-refractivity contribution >= 4 is 5.97 Å². The van der Waals surface area contributed by atoms with E-state index in [0.29, 0.717) is 0 Å².